The number of ether oxygens (including phenoxy) is 1. The maximum Gasteiger partial charge on any atom is 0.205 e. The minimum atomic E-state index is 0.175. The highest BCUT2D eigenvalue weighted by atomic mass is 32.1. The van der Waals surface area contributed by atoms with Gasteiger partial charge < -0.3 is 10.1 Å². The van der Waals surface area contributed by atoms with Crippen molar-refractivity contribution in [1.29, 1.82) is 0 Å². The summed E-state index contributed by atoms with van der Waals surface area (Å²) in [4.78, 5) is 0. The fourth-order valence-electron chi connectivity index (χ4n) is 0.752. The molecule has 5 heteroatoms. The van der Waals surface area contributed by atoms with Gasteiger partial charge in [0, 0.05) is 7.11 Å². The van der Waals surface area contributed by atoms with Gasteiger partial charge in [0.2, 0.25) is 5.13 Å². The Morgan fingerprint density at radius 3 is 2.83 bits per heavy atom. The summed E-state index contributed by atoms with van der Waals surface area (Å²) in [5.74, 6) is 0. The third-order valence-electron chi connectivity index (χ3n) is 1.79. The van der Waals surface area contributed by atoms with Crippen LogP contribution in [0.2, 0.25) is 0 Å². The molecular formula is C7H13N3OS. The van der Waals surface area contributed by atoms with Crippen LogP contribution in [0.1, 0.15) is 13.8 Å². The number of anilines is 1. The molecule has 0 saturated carbocycles. The van der Waals surface area contributed by atoms with E-state index in [0.717, 1.165) is 5.13 Å². The van der Waals surface area contributed by atoms with E-state index >= 15 is 0 Å². The van der Waals surface area contributed by atoms with Gasteiger partial charge in [-0.2, -0.15) is 0 Å². The molecule has 0 spiro atoms. The van der Waals surface area contributed by atoms with E-state index < -0.39 is 0 Å². The Morgan fingerprint density at radius 1 is 1.58 bits per heavy atom. The van der Waals surface area contributed by atoms with Crippen molar-refractivity contribution in [2.45, 2.75) is 26.0 Å². The molecule has 1 aromatic heterocycles. The normalized spacial score (nSPS) is 15.6. The average Bonchev–Trinajstić information content (AvgIpc) is 2.55. The summed E-state index contributed by atoms with van der Waals surface area (Å²) in [6.45, 7) is 4.06. The summed E-state index contributed by atoms with van der Waals surface area (Å²) in [7, 11) is 1.70. The van der Waals surface area contributed by atoms with Crippen molar-refractivity contribution in [1.82, 2.24) is 10.2 Å². The largest absolute Gasteiger partial charge is 0.380 e. The SMILES string of the molecule is COC(C)C(C)Nc1nncs1. The molecule has 1 aromatic rings. The number of methoxy groups -OCH3 is 1. The lowest BCUT2D eigenvalue weighted by Crippen LogP contribution is -2.29. The summed E-state index contributed by atoms with van der Waals surface area (Å²) < 4.78 is 5.15. The van der Waals surface area contributed by atoms with Crippen molar-refractivity contribution in [3.05, 3.63) is 5.51 Å². The molecule has 1 heterocycles. The molecule has 1 N–H and O–H groups in total. The second kappa shape index (κ2) is 4.37. The lowest BCUT2D eigenvalue weighted by atomic mass is 10.2. The van der Waals surface area contributed by atoms with Crippen LogP contribution in [0.5, 0.6) is 0 Å². The van der Waals surface area contributed by atoms with Gasteiger partial charge >= 0.3 is 0 Å². The van der Waals surface area contributed by atoms with Crippen LogP contribution in [-0.2, 0) is 4.74 Å². The third-order valence-corrected chi connectivity index (χ3v) is 2.41. The molecular weight excluding hydrogens is 174 g/mol. The molecule has 0 radical (unpaired) electrons. The Morgan fingerprint density at radius 2 is 2.33 bits per heavy atom. The van der Waals surface area contributed by atoms with Crippen molar-refractivity contribution >= 4 is 16.5 Å². The van der Waals surface area contributed by atoms with Crippen LogP contribution in [-0.4, -0.2) is 29.5 Å². The van der Waals surface area contributed by atoms with Crippen LogP contribution >= 0.6 is 11.3 Å². The van der Waals surface area contributed by atoms with E-state index in [2.05, 4.69) is 22.4 Å². The lowest BCUT2D eigenvalue weighted by Gasteiger charge is -2.18. The second-order valence-corrected chi connectivity index (χ2v) is 3.45. The first-order valence-electron chi connectivity index (χ1n) is 3.79. The molecule has 0 aromatic carbocycles. The van der Waals surface area contributed by atoms with Gasteiger partial charge in [0.05, 0.1) is 12.1 Å². The molecule has 0 fully saturated rings. The van der Waals surface area contributed by atoms with E-state index in [0.29, 0.717) is 0 Å². The number of rotatable bonds is 4. The molecule has 0 amide bonds. The Hall–Kier alpha value is -0.680. The van der Waals surface area contributed by atoms with Crippen LogP contribution < -0.4 is 5.32 Å². The Kier molecular flexibility index (Phi) is 3.43. The molecule has 0 aliphatic rings. The zero-order valence-electron chi connectivity index (χ0n) is 7.44. The van der Waals surface area contributed by atoms with Crippen LogP contribution in [0.25, 0.3) is 0 Å². The summed E-state index contributed by atoms with van der Waals surface area (Å²) >= 11 is 1.49. The topological polar surface area (TPSA) is 47.0 Å². The predicted molar refractivity (Wildman–Crippen MR) is 49.5 cm³/mol. The monoisotopic (exact) mass is 187 g/mol. The number of hydrogen-bond donors (Lipinski definition) is 1. The van der Waals surface area contributed by atoms with Crippen molar-refractivity contribution in [3.63, 3.8) is 0 Å². The van der Waals surface area contributed by atoms with Crippen LogP contribution in [0.15, 0.2) is 5.51 Å². The van der Waals surface area contributed by atoms with Gasteiger partial charge in [-0.1, -0.05) is 11.3 Å². The Bertz CT molecular complexity index is 214. The molecule has 2 unspecified atom stereocenters. The number of hydrogen-bond acceptors (Lipinski definition) is 5. The number of nitrogens with one attached hydrogen (secondary N) is 1. The zero-order chi connectivity index (χ0) is 8.97. The molecule has 0 bridgehead atoms. The van der Waals surface area contributed by atoms with Crippen molar-refractivity contribution in [2.24, 2.45) is 0 Å². The van der Waals surface area contributed by atoms with Gasteiger partial charge in [-0.3, -0.25) is 0 Å². The van der Waals surface area contributed by atoms with E-state index in [1.165, 1.54) is 11.3 Å². The standard InChI is InChI=1S/C7H13N3OS/c1-5(6(2)11-3)9-7-10-8-4-12-7/h4-6H,1-3H3,(H,9,10). The molecule has 0 saturated heterocycles. The first-order valence-corrected chi connectivity index (χ1v) is 4.67. The van der Waals surface area contributed by atoms with Crippen LogP contribution in [0.4, 0.5) is 5.13 Å². The van der Waals surface area contributed by atoms with Crippen molar-refractivity contribution < 1.29 is 4.74 Å². The minimum absolute atomic E-state index is 0.175. The Balaban J connectivity index is 2.41. The fraction of sp³-hybridized carbons (Fsp3) is 0.714. The Labute approximate surface area is 76.0 Å². The van der Waals surface area contributed by atoms with Gasteiger partial charge in [-0.15, -0.1) is 10.2 Å². The second-order valence-electron chi connectivity index (χ2n) is 2.62. The molecule has 0 aliphatic carbocycles. The summed E-state index contributed by atoms with van der Waals surface area (Å²) in [6.07, 6.45) is 0.175. The van der Waals surface area contributed by atoms with Crippen LogP contribution in [0, 0.1) is 0 Å². The molecule has 4 nitrogen and oxygen atoms in total. The van der Waals surface area contributed by atoms with E-state index in [1.54, 1.807) is 12.6 Å². The van der Waals surface area contributed by atoms with Crippen molar-refractivity contribution in [3.8, 4) is 0 Å². The first-order chi connectivity index (χ1) is 5.74. The molecule has 1 rings (SSSR count). The van der Waals surface area contributed by atoms with E-state index in [9.17, 15) is 0 Å². The van der Waals surface area contributed by atoms with Gasteiger partial charge in [0.15, 0.2) is 0 Å². The van der Waals surface area contributed by atoms with Gasteiger partial charge in [0.25, 0.3) is 0 Å². The quantitative estimate of drug-likeness (QED) is 0.773. The lowest BCUT2D eigenvalue weighted by molar-refractivity contribution is 0.106. The molecule has 68 valence electrons. The zero-order valence-corrected chi connectivity index (χ0v) is 8.26. The predicted octanol–water partition coefficient (Wildman–Crippen LogP) is 1.37. The summed E-state index contributed by atoms with van der Waals surface area (Å²) in [5.41, 5.74) is 1.70. The van der Waals surface area contributed by atoms with Crippen molar-refractivity contribution in [2.75, 3.05) is 12.4 Å². The summed E-state index contributed by atoms with van der Waals surface area (Å²) in [6, 6.07) is 0.253. The fourth-order valence-corrected chi connectivity index (χ4v) is 1.29. The van der Waals surface area contributed by atoms with Gasteiger partial charge in [-0.25, -0.2) is 0 Å². The third kappa shape index (κ3) is 2.42. The molecule has 0 aliphatic heterocycles. The maximum atomic E-state index is 5.15. The van der Waals surface area contributed by atoms with E-state index in [1.807, 2.05) is 6.92 Å². The highest BCUT2D eigenvalue weighted by Gasteiger charge is 2.11. The van der Waals surface area contributed by atoms with E-state index in [-0.39, 0.29) is 12.1 Å². The number of nitrogens with zero attached hydrogens (tertiary/aromatic N) is 2. The highest BCUT2D eigenvalue weighted by molar-refractivity contribution is 7.13. The smallest absolute Gasteiger partial charge is 0.205 e. The van der Waals surface area contributed by atoms with E-state index in [4.69, 9.17) is 4.74 Å². The molecule has 12 heavy (non-hydrogen) atoms. The minimum Gasteiger partial charge on any atom is -0.380 e. The first kappa shape index (κ1) is 9.41. The number of aromatic nitrogens is 2. The highest BCUT2D eigenvalue weighted by Crippen LogP contribution is 2.11. The average molecular weight is 187 g/mol. The van der Waals surface area contributed by atoms with Gasteiger partial charge in [-0.05, 0) is 13.8 Å². The molecule has 2 atom stereocenters. The maximum absolute atomic E-state index is 5.15. The van der Waals surface area contributed by atoms with Crippen LogP contribution in [0.3, 0.4) is 0 Å². The summed E-state index contributed by atoms with van der Waals surface area (Å²) in [5, 5.41) is 11.6. The van der Waals surface area contributed by atoms with Gasteiger partial charge in [0.1, 0.15) is 5.51 Å².